The molecule has 0 unspecified atom stereocenters. The smallest absolute Gasteiger partial charge is 0.141 e. The number of anilines is 1. The molecule has 17 heavy (non-hydrogen) atoms. The van der Waals surface area contributed by atoms with E-state index in [1.54, 1.807) is 7.11 Å². The fraction of sp³-hybridized carbons (Fsp3) is 0.571. The molecule has 94 valence electrons. The number of methoxy groups -OCH3 is 1. The third-order valence-corrected chi connectivity index (χ3v) is 3.41. The molecular weight excluding hydrogens is 212 g/mol. The summed E-state index contributed by atoms with van der Waals surface area (Å²) in [6.45, 7) is 5.21. The Kier molecular flexibility index (Phi) is 3.29. The number of hydrogen-bond acceptors (Lipinski definition) is 3. The van der Waals surface area contributed by atoms with Crippen LogP contribution in [0.15, 0.2) is 18.2 Å². The first-order chi connectivity index (χ1) is 8.04. The zero-order chi connectivity index (χ0) is 12.5. The summed E-state index contributed by atoms with van der Waals surface area (Å²) in [7, 11) is 1.70. The molecule has 3 N–H and O–H groups in total. The summed E-state index contributed by atoms with van der Waals surface area (Å²) in [6.07, 6.45) is 2.23. The highest BCUT2D eigenvalue weighted by Crippen LogP contribution is 2.34. The lowest BCUT2D eigenvalue weighted by Crippen LogP contribution is -2.31. The van der Waals surface area contributed by atoms with Crippen molar-refractivity contribution in [2.75, 3.05) is 19.0 Å². The van der Waals surface area contributed by atoms with E-state index in [1.165, 1.54) is 5.56 Å². The van der Waals surface area contributed by atoms with Crippen LogP contribution in [0.4, 0.5) is 5.69 Å². The largest absolute Gasteiger partial charge is 0.495 e. The summed E-state index contributed by atoms with van der Waals surface area (Å²) >= 11 is 0. The maximum Gasteiger partial charge on any atom is 0.141 e. The molecule has 0 bridgehead atoms. The van der Waals surface area contributed by atoms with Gasteiger partial charge in [0, 0.05) is 12.1 Å². The Morgan fingerprint density at radius 2 is 2.12 bits per heavy atom. The van der Waals surface area contributed by atoms with Crippen molar-refractivity contribution < 1.29 is 4.74 Å². The van der Waals surface area contributed by atoms with Gasteiger partial charge in [0.15, 0.2) is 0 Å². The molecule has 3 nitrogen and oxygen atoms in total. The van der Waals surface area contributed by atoms with Gasteiger partial charge in [0.05, 0.1) is 12.8 Å². The standard InChI is InChI=1S/C14H22N2O/c1-10(2)11-4-5-13(17-3)12(8-11)16-9-14(15)6-7-14/h4-5,8,10,16H,6-7,9,15H2,1-3H3. The highest BCUT2D eigenvalue weighted by atomic mass is 16.5. The molecule has 1 aromatic rings. The second-order valence-corrected chi connectivity index (χ2v) is 5.33. The summed E-state index contributed by atoms with van der Waals surface area (Å²) < 4.78 is 5.36. The highest BCUT2D eigenvalue weighted by molar-refractivity contribution is 5.59. The Morgan fingerprint density at radius 1 is 1.41 bits per heavy atom. The number of rotatable bonds is 5. The van der Waals surface area contributed by atoms with E-state index in [2.05, 4.69) is 31.3 Å². The first kappa shape index (κ1) is 12.2. The maximum atomic E-state index is 6.08. The van der Waals surface area contributed by atoms with E-state index in [-0.39, 0.29) is 5.54 Å². The second kappa shape index (κ2) is 4.57. The molecule has 0 amide bonds. The summed E-state index contributed by atoms with van der Waals surface area (Å²) in [4.78, 5) is 0. The SMILES string of the molecule is COc1ccc(C(C)C)cc1NCC1(N)CC1. The van der Waals surface area contributed by atoms with Crippen LogP contribution in [0.2, 0.25) is 0 Å². The summed E-state index contributed by atoms with van der Waals surface area (Å²) in [5.41, 5.74) is 8.46. The molecule has 0 saturated heterocycles. The molecule has 1 aliphatic carbocycles. The Morgan fingerprint density at radius 3 is 2.65 bits per heavy atom. The maximum absolute atomic E-state index is 6.08. The quantitative estimate of drug-likeness (QED) is 0.823. The first-order valence-electron chi connectivity index (χ1n) is 6.25. The normalized spacial score (nSPS) is 17.0. The van der Waals surface area contributed by atoms with Crippen molar-refractivity contribution in [2.24, 2.45) is 5.73 Å². The minimum absolute atomic E-state index is 0.0127. The molecular formula is C14H22N2O. The lowest BCUT2D eigenvalue weighted by atomic mass is 10.0. The van der Waals surface area contributed by atoms with Gasteiger partial charge in [-0.25, -0.2) is 0 Å². The number of nitrogens with one attached hydrogen (secondary N) is 1. The number of hydrogen-bond donors (Lipinski definition) is 2. The van der Waals surface area contributed by atoms with Gasteiger partial charge in [0.2, 0.25) is 0 Å². The Balaban J connectivity index is 2.13. The van der Waals surface area contributed by atoms with Gasteiger partial charge in [-0.1, -0.05) is 19.9 Å². The van der Waals surface area contributed by atoms with Crippen LogP contribution < -0.4 is 15.8 Å². The zero-order valence-corrected chi connectivity index (χ0v) is 10.9. The molecule has 1 saturated carbocycles. The van der Waals surface area contributed by atoms with Gasteiger partial charge in [-0.15, -0.1) is 0 Å². The molecule has 0 atom stereocenters. The van der Waals surface area contributed by atoms with Crippen LogP contribution in [-0.4, -0.2) is 19.2 Å². The van der Waals surface area contributed by atoms with Gasteiger partial charge in [0.1, 0.15) is 5.75 Å². The molecule has 1 aliphatic rings. The number of ether oxygens (including phenoxy) is 1. The molecule has 0 aliphatic heterocycles. The summed E-state index contributed by atoms with van der Waals surface area (Å²) in [6, 6.07) is 6.30. The Bertz CT molecular complexity index is 397. The van der Waals surface area contributed by atoms with Gasteiger partial charge in [-0.2, -0.15) is 0 Å². The van der Waals surface area contributed by atoms with E-state index < -0.39 is 0 Å². The second-order valence-electron chi connectivity index (χ2n) is 5.33. The van der Waals surface area contributed by atoms with E-state index in [0.717, 1.165) is 30.8 Å². The summed E-state index contributed by atoms with van der Waals surface area (Å²) in [5.74, 6) is 1.41. The molecule has 2 rings (SSSR count). The van der Waals surface area contributed by atoms with Crippen molar-refractivity contribution in [1.29, 1.82) is 0 Å². The minimum atomic E-state index is 0.0127. The molecule has 3 heteroatoms. The van der Waals surface area contributed by atoms with Gasteiger partial charge < -0.3 is 15.8 Å². The monoisotopic (exact) mass is 234 g/mol. The number of benzene rings is 1. The van der Waals surface area contributed by atoms with E-state index in [4.69, 9.17) is 10.5 Å². The first-order valence-corrected chi connectivity index (χ1v) is 6.25. The number of nitrogens with two attached hydrogens (primary N) is 1. The minimum Gasteiger partial charge on any atom is -0.495 e. The van der Waals surface area contributed by atoms with Gasteiger partial charge in [-0.05, 0) is 36.5 Å². The Hall–Kier alpha value is -1.22. The van der Waals surface area contributed by atoms with Crippen LogP contribution in [0.3, 0.4) is 0 Å². The fourth-order valence-corrected chi connectivity index (χ4v) is 1.83. The molecule has 0 spiro atoms. The van der Waals surface area contributed by atoms with Crippen LogP contribution >= 0.6 is 0 Å². The molecule has 1 fully saturated rings. The third kappa shape index (κ3) is 2.91. The van der Waals surface area contributed by atoms with E-state index >= 15 is 0 Å². The van der Waals surface area contributed by atoms with Gasteiger partial charge in [0.25, 0.3) is 0 Å². The Labute approximate surface area is 103 Å². The molecule has 0 heterocycles. The van der Waals surface area contributed by atoms with Gasteiger partial charge in [-0.3, -0.25) is 0 Å². The van der Waals surface area contributed by atoms with Crippen molar-refractivity contribution >= 4 is 5.69 Å². The molecule has 1 aromatic carbocycles. The van der Waals surface area contributed by atoms with Crippen LogP contribution in [-0.2, 0) is 0 Å². The van der Waals surface area contributed by atoms with Crippen molar-refractivity contribution in [1.82, 2.24) is 0 Å². The lowest BCUT2D eigenvalue weighted by molar-refractivity contribution is 0.416. The topological polar surface area (TPSA) is 47.3 Å². The van der Waals surface area contributed by atoms with Crippen LogP contribution in [0, 0.1) is 0 Å². The van der Waals surface area contributed by atoms with E-state index in [0.29, 0.717) is 5.92 Å². The van der Waals surface area contributed by atoms with Crippen molar-refractivity contribution in [2.45, 2.75) is 38.1 Å². The lowest BCUT2D eigenvalue weighted by Gasteiger charge is -2.16. The fourth-order valence-electron chi connectivity index (χ4n) is 1.83. The van der Waals surface area contributed by atoms with Crippen LogP contribution in [0.1, 0.15) is 38.2 Å². The highest BCUT2D eigenvalue weighted by Gasteiger charge is 2.37. The zero-order valence-electron chi connectivity index (χ0n) is 10.9. The average molecular weight is 234 g/mol. The average Bonchev–Trinajstić information content (AvgIpc) is 3.05. The molecule has 0 aromatic heterocycles. The third-order valence-electron chi connectivity index (χ3n) is 3.41. The van der Waals surface area contributed by atoms with Crippen molar-refractivity contribution in [3.05, 3.63) is 23.8 Å². The van der Waals surface area contributed by atoms with Crippen LogP contribution in [0.5, 0.6) is 5.75 Å². The van der Waals surface area contributed by atoms with E-state index in [9.17, 15) is 0 Å². The molecule has 0 radical (unpaired) electrons. The van der Waals surface area contributed by atoms with E-state index in [1.807, 2.05) is 6.07 Å². The van der Waals surface area contributed by atoms with Gasteiger partial charge >= 0.3 is 0 Å². The summed E-state index contributed by atoms with van der Waals surface area (Å²) in [5, 5.41) is 3.41. The van der Waals surface area contributed by atoms with Crippen molar-refractivity contribution in [3.63, 3.8) is 0 Å². The van der Waals surface area contributed by atoms with Crippen molar-refractivity contribution in [3.8, 4) is 5.75 Å². The van der Waals surface area contributed by atoms with Crippen LogP contribution in [0.25, 0.3) is 0 Å². The predicted octanol–water partition coefficient (Wildman–Crippen LogP) is 2.72. The predicted molar refractivity (Wildman–Crippen MR) is 71.7 cm³/mol.